The summed E-state index contributed by atoms with van der Waals surface area (Å²) < 4.78 is 11.7. The minimum atomic E-state index is -0.471. The molecule has 2 aromatic rings. The SMILES string of the molecule is COC(=O)c1sc(NCc2cn(C)nc2C)c(OC)c1N. The van der Waals surface area contributed by atoms with E-state index in [2.05, 4.69) is 10.4 Å². The van der Waals surface area contributed by atoms with Crippen molar-refractivity contribution in [3.05, 3.63) is 22.3 Å². The van der Waals surface area contributed by atoms with Crippen LogP contribution >= 0.6 is 11.3 Å². The number of esters is 1. The number of carbonyl (C=O) groups is 1. The highest BCUT2D eigenvalue weighted by Crippen LogP contribution is 2.42. The summed E-state index contributed by atoms with van der Waals surface area (Å²) in [6, 6.07) is 0. The average Bonchev–Trinajstić information content (AvgIpc) is 2.94. The molecule has 0 spiro atoms. The van der Waals surface area contributed by atoms with Gasteiger partial charge in [0.05, 0.1) is 19.9 Å². The molecule has 0 unspecified atom stereocenters. The standard InChI is InChI=1S/C13H18N4O3S/c1-7-8(6-17(2)16-7)5-15-12-10(19-3)9(14)11(21-12)13(18)20-4/h6,15H,5,14H2,1-4H3. The molecule has 2 heterocycles. The first kappa shape index (κ1) is 15.2. The predicted molar refractivity (Wildman–Crippen MR) is 81.9 cm³/mol. The molecule has 0 aliphatic carbocycles. The number of thiophene rings is 1. The Morgan fingerprint density at radius 1 is 1.52 bits per heavy atom. The van der Waals surface area contributed by atoms with Crippen molar-refractivity contribution in [3.63, 3.8) is 0 Å². The molecule has 0 aliphatic rings. The number of rotatable bonds is 5. The fourth-order valence-electron chi connectivity index (χ4n) is 1.99. The number of nitrogens with two attached hydrogens (primary N) is 1. The Morgan fingerprint density at radius 3 is 2.76 bits per heavy atom. The highest BCUT2D eigenvalue weighted by atomic mass is 32.1. The van der Waals surface area contributed by atoms with Crippen LogP contribution in [-0.2, 0) is 18.3 Å². The van der Waals surface area contributed by atoms with E-state index in [-0.39, 0.29) is 0 Å². The minimum Gasteiger partial charge on any atom is -0.492 e. The fraction of sp³-hybridized carbons (Fsp3) is 0.385. The van der Waals surface area contributed by atoms with Gasteiger partial charge in [-0.1, -0.05) is 0 Å². The van der Waals surface area contributed by atoms with Gasteiger partial charge in [-0.25, -0.2) is 4.79 Å². The van der Waals surface area contributed by atoms with E-state index in [0.29, 0.717) is 27.9 Å². The highest BCUT2D eigenvalue weighted by Gasteiger charge is 2.22. The zero-order chi connectivity index (χ0) is 15.6. The Kier molecular flexibility index (Phi) is 4.37. The number of anilines is 2. The third-order valence-corrected chi connectivity index (χ3v) is 4.15. The van der Waals surface area contributed by atoms with Gasteiger partial charge in [-0.2, -0.15) is 5.10 Å². The minimum absolute atomic E-state index is 0.291. The lowest BCUT2D eigenvalue weighted by Gasteiger charge is -2.06. The summed E-state index contributed by atoms with van der Waals surface area (Å²) in [5.74, 6) is -0.0108. The lowest BCUT2D eigenvalue weighted by Crippen LogP contribution is -2.02. The summed E-state index contributed by atoms with van der Waals surface area (Å²) in [6.45, 7) is 2.51. The molecule has 21 heavy (non-hydrogen) atoms. The quantitative estimate of drug-likeness (QED) is 0.818. The number of nitrogens with zero attached hydrogens (tertiary/aromatic N) is 2. The number of ether oxygens (including phenoxy) is 2. The third kappa shape index (κ3) is 2.94. The summed E-state index contributed by atoms with van der Waals surface area (Å²) in [6.07, 6.45) is 1.94. The molecule has 0 amide bonds. The average molecular weight is 310 g/mol. The monoisotopic (exact) mass is 310 g/mol. The fourth-order valence-corrected chi connectivity index (χ4v) is 2.99. The number of carbonyl (C=O) groups excluding carboxylic acids is 1. The summed E-state index contributed by atoms with van der Waals surface area (Å²) in [7, 11) is 4.70. The molecular formula is C13H18N4O3S. The number of hydrogen-bond donors (Lipinski definition) is 2. The molecule has 0 saturated heterocycles. The van der Waals surface area contributed by atoms with Crippen LogP contribution < -0.4 is 15.8 Å². The van der Waals surface area contributed by atoms with Crippen LogP contribution in [0.25, 0.3) is 0 Å². The van der Waals surface area contributed by atoms with E-state index in [0.717, 1.165) is 11.3 Å². The van der Waals surface area contributed by atoms with Crippen molar-refractivity contribution in [1.82, 2.24) is 9.78 Å². The normalized spacial score (nSPS) is 10.5. The van der Waals surface area contributed by atoms with Crippen molar-refractivity contribution < 1.29 is 14.3 Å². The molecule has 0 saturated carbocycles. The maximum Gasteiger partial charge on any atom is 0.350 e. The predicted octanol–water partition coefficient (Wildman–Crippen LogP) is 1.78. The molecule has 114 valence electrons. The van der Waals surface area contributed by atoms with E-state index in [1.165, 1.54) is 25.6 Å². The number of nitrogens with one attached hydrogen (secondary N) is 1. The Hall–Kier alpha value is -2.22. The molecule has 2 aromatic heterocycles. The second kappa shape index (κ2) is 6.04. The van der Waals surface area contributed by atoms with Crippen LogP contribution in [0.15, 0.2) is 6.20 Å². The van der Waals surface area contributed by atoms with E-state index in [4.69, 9.17) is 15.2 Å². The number of hydrogen-bond acceptors (Lipinski definition) is 7. The van der Waals surface area contributed by atoms with Crippen molar-refractivity contribution >= 4 is 28.0 Å². The van der Waals surface area contributed by atoms with Crippen LogP contribution in [0.2, 0.25) is 0 Å². The zero-order valence-corrected chi connectivity index (χ0v) is 13.2. The molecule has 0 aliphatic heterocycles. The van der Waals surface area contributed by atoms with Crippen LogP contribution in [0.1, 0.15) is 20.9 Å². The van der Waals surface area contributed by atoms with Gasteiger partial charge in [0.15, 0.2) is 5.75 Å². The molecule has 8 heteroatoms. The van der Waals surface area contributed by atoms with Crippen molar-refractivity contribution in [2.45, 2.75) is 13.5 Å². The maximum absolute atomic E-state index is 11.7. The van der Waals surface area contributed by atoms with Gasteiger partial charge in [0.2, 0.25) is 0 Å². The molecule has 2 rings (SSSR count). The van der Waals surface area contributed by atoms with Gasteiger partial charge in [-0.15, -0.1) is 11.3 Å². The molecule has 3 N–H and O–H groups in total. The molecule has 0 fully saturated rings. The molecule has 7 nitrogen and oxygen atoms in total. The Morgan fingerprint density at radius 2 is 2.24 bits per heavy atom. The van der Waals surface area contributed by atoms with Gasteiger partial charge >= 0.3 is 5.97 Å². The van der Waals surface area contributed by atoms with Crippen molar-refractivity contribution in [2.24, 2.45) is 7.05 Å². The Bertz CT molecular complexity index is 663. The second-order valence-electron chi connectivity index (χ2n) is 4.47. The summed E-state index contributed by atoms with van der Waals surface area (Å²) in [5.41, 5.74) is 8.22. The summed E-state index contributed by atoms with van der Waals surface area (Å²) in [5, 5.41) is 8.20. The van der Waals surface area contributed by atoms with Crippen LogP contribution in [0.3, 0.4) is 0 Å². The number of nitrogen functional groups attached to an aromatic ring is 1. The van der Waals surface area contributed by atoms with E-state index in [9.17, 15) is 4.79 Å². The molecule has 0 atom stereocenters. The summed E-state index contributed by atoms with van der Waals surface area (Å²) >= 11 is 1.21. The zero-order valence-electron chi connectivity index (χ0n) is 12.4. The first-order valence-corrected chi connectivity index (χ1v) is 7.07. The van der Waals surface area contributed by atoms with Gasteiger partial charge < -0.3 is 20.5 Å². The van der Waals surface area contributed by atoms with Gasteiger partial charge in [-0.05, 0) is 6.92 Å². The van der Waals surface area contributed by atoms with Crippen molar-refractivity contribution in [2.75, 3.05) is 25.3 Å². The summed E-state index contributed by atoms with van der Waals surface area (Å²) in [4.78, 5) is 12.0. The van der Waals surface area contributed by atoms with E-state index >= 15 is 0 Å². The van der Waals surface area contributed by atoms with Gasteiger partial charge in [-0.3, -0.25) is 4.68 Å². The van der Waals surface area contributed by atoms with Crippen LogP contribution in [0, 0.1) is 6.92 Å². The molecular weight excluding hydrogens is 292 g/mol. The van der Waals surface area contributed by atoms with Gasteiger partial charge in [0.1, 0.15) is 15.6 Å². The third-order valence-electron chi connectivity index (χ3n) is 3.03. The molecule has 0 aromatic carbocycles. The number of methoxy groups -OCH3 is 2. The topological polar surface area (TPSA) is 91.4 Å². The lowest BCUT2D eigenvalue weighted by molar-refractivity contribution is 0.0607. The number of aryl methyl sites for hydroxylation is 2. The highest BCUT2D eigenvalue weighted by molar-refractivity contribution is 7.19. The first-order chi connectivity index (χ1) is 9.97. The van der Waals surface area contributed by atoms with E-state index < -0.39 is 5.97 Å². The Balaban J connectivity index is 2.23. The van der Waals surface area contributed by atoms with Crippen LogP contribution in [-0.4, -0.2) is 30.0 Å². The van der Waals surface area contributed by atoms with Gasteiger partial charge in [0.25, 0.3) is 0 Å². The van der Waals surface area contributed by atoms with Crippen molar-refractivity contribution in [1.29, 1.82) is 0 Å². The van der Waals surface area contributed by atoms with Crippen molar-refractivity contribution in [3.8, 4) is 5.75 Å². The molecule has 0 radical (unpaired) electrons. The molecule has 0 bridgehead atoms. The maximum atomic E-state index is 11.7. The van der Waals surface area contributed by atoms with Crippen LogP contribution in [0.4, 0.5) is 10.7 Å². The Labute approximate surface area is 126 Å². The van der Waals surface area contributed by atoms with E-state index in [1.54, 1.807) is 4.68 Å². The first-order valence-electron chi connectivity index (χ1n) is 6.25. The number of aromatic nitrogens is 2. The van der Waals surface area contributed by atoms with Crippen LogP contribution in [0.5, 0.6) is 5.75 Å². The second-order valence-corrected chi connectivity index (χ2v) is 5.49. The smallest absolute Gasteiger partial charge is 0.350 e. The van der Waals surface area contributed by atoms with E-state index in [1.807, 2.05) is 20.2 Å². The largest absolute Gasteiger partial charge is 0.492 e. The van der Waals surface area contributed by atoms with Gasteiger partial charge in [0, 0.05) is 25.4 Å². The lowest BCUT2D eigenvalue weighted by atomic mass is 10.2.